The molecule has 6 aliphatic carbocycles. The van der Waals surface area contributed by atoms with E-state index in [1.165, 1.54) is 17.7 Å². The third kappa shape index (κ3) is 6.39. The van der Waals surface area contributed by atoms with Gasteiger partial charge in [-0.15, -0.1) is 0 Å². The minimum atomic E-state index is -4.41. The second-order valence-corrected chi connectivity index (χ2v) is 23.5. The molecule has 1 saturated heterocycles. The number of hydrogen-bond donors (Lipinski definition) is 2. The summed E-state index contributed by atoms with van der Waals surface area (Å²) in [6, 6.07) is 4.92. The molecule has 11 heteroatoms. The van der Waals surface area contributed by atoms with Crippen LogP contribution in [-0.2, 0) is 25.3 Å². The zero-order chi connectivity index (χ0) is 45.4. The monoisotopic (exact) mass is 874 g/mol. The SMILES string of the molecule is C=C(C)[C@@H]1CC[C@]2(C(=O)N3CCC[C@H]3c3ncc(-c4ccc(C(F)(F)F)cc4)[nH]3)CC[C@]3(C)[C@H](CC[C@@H]4[C@@]5(C)CC[C@H](OC(=O)[C@H]6C[C@@H](C(=O)O)C6(C)C)C(C)(C)[C@@H]5CC[C@]43C)[C@@H]12. The minimum Gasteiger partial charge on any atom is -0.481 e. The molecule has 1 aromatic carbocycles. The fourth-order valence-electron chi connectivity index (χ4n) is 16.7. The zero-order valence-corrected chi connectivity index (χ0v) is 38.8. The molecular formula is C52H70F3N3O5. The fourth-order valence-corrected chi connectivity index (χ4v) is 16.7. The van der Waals surface area contributed by atoms with Crippen molar-refractivity contribution in [3.63, 3.8) is 0 Å². The predicted molar refractivity (Wildman–Crippen MR) is 235 cm³/mol. The molecule has 63 heavy (non-hydrogen) atoms. The number of benzene rings is 1. The van der Waals surface area contributed by atoms with Crippen LogP contribution < -0.4 is 0 Å². The summed E-state index contributed by atoms with van der Waals surface area (Å²) in [6.45, 7) is 23.5. The summed E-state index contributed by atoms with van der Waals surface area (Å²) in [5, 5.41) is 9.70. The van der Waals surface area contributed by atoms with Gasteiger partial charge in [0.2, 0.25) is 5.91 Å². The van der Waals surface area contributed by atoms with E-state index in [0.717, 1.165) is 89.2 Å². The van der Waals surface area contributed by atoms with Crippen molar-refractivity contribution in [1.29, 1.82) is 0 Å². The van der Waals surface area contributed by atoms with E-state index < -0.39 is 40.4 Å². The number of esters is 1. The van der Waals surface area contributed by atoms with Gasteiger partial charge in [-0.1, -0.05) is 72.8 Å². The molecule has 6 saturated carbocycles. The quantitative estimate of drug-likeness (QED) is 0.212. The van der Waals surface area contributed by atoms with Gasteiger partial charge in [0.25, 0.3) is 0 Å². The van der Waals surface area contributed by atoms with Crippen LogP contribution in [0.3, 0.4) is 0 Å². The van der Waals surface area contributed by atoms with Crippen molar-refractivity contribution in [3.8, 4) is 11.3 Å². The number of aliphatic carboxylic acids is 1. The van der Waals surface area contributed by atoms with Crippen molar-refractivity contribution in [1.82, 2.24) is 14.9 Å². The first-order valence-corrected chi connectivity index (χ1v) is 24.0. The third-order valence-corrected chi connectivity index (χ3v) is 20.5. The minimum absolute atomic E-state index is 0.0301. The number of ether oxygens (including phenoxy) is 1. The molecule has 1 amide bonds. The summed E-state index contributed by atoms with van der Waals surface area (Å²) in [4.78, 5) is 51.4. The number of rotatable bonds is 7. The Morgan fingerprint density at radius 3 is 2.21 bits per heavy atom. The Hall–Kier alpha value is -3.63. The number of nitrogens with one attached hydrogen (secondary N) is 1. The van der Waals surface area contributed by atoms with E-state index in [4.69, 9.17) is 9.72 Å². The highest BCUT2D eigenvalue weighted by Gasteiger charge is 2.72. The van der Waals surface area contributed by atoms with Gasteiger partial charge in [0.15, 0.2) is 0 Å². The largest absolute Gasteiger partial charge is 0.481 e. The van der Waals surface area contributed by atoms with E-state index in [0.29, 0.717) is 47.8 Å². The van der Waals surface area contributed by atoms with Gasteiger partial charge < -0.3 is 19.7 Å². The number of nitrogens with zero attached hydrogens (tertiary/aromatic N) is 2. The number of imidazole rings is 1. The van der Waals surface area contributed by atoms with Crippen LogP contribution in [0, 0.1) is 73.9 Å². The van der Waals surface area contributed by atoms with Crippen molar-refractivity contribution in [2.24, 2.45) is 73.9 Å². The number of carboxylic acid groups (broad SMARTS) is 1. The van der Waals surface area contributed by atoms with Crippen molar-refractivity contribution in [2.75, 3.05) is 6.54 Å². The predicted octanol–water partition coefficient (Wildman–Crippen LogP) is 12.1. The van der Waals surface area contributed by atoms with Gasteiger partial charge in [-0.2, -0.15) is 13.2 Å². The molecule has 0 bridgehead atoms. The van der Waals surface area contributed by atoms with Gasteiger partial charge in [0.1, 0.15) is 11.9 Å². The average Bonchev–Trinajstić information content (AvgIpc) is 3.98. The molecule has 1 aliphatic heterocycles. The summed E-state index contributed by atoms with van der Waals surface area (Å²) < 4.78 is 46.3. The van der Waals surface area contributed by atoms with Crippen LogP contribution in [0.2, 0.25) is 0 Å². The van der Waals surface area contributed by atoms with Gasteiger partial charge in [-0.3, -0.25) is 14.4 Å². The first kappa shape index (κ1) is 44.6. The van der Waals surface area contributed by atoms with E-state index >= 15 is 4.79 Å². The molecule has 0 spiro atoms. The molecule has 7 aliphatic rings. The van der Waals surface area contributed by atoms with Crippen molar-refractivity contribution in [2.45, 2.75) is 157 Å². The lowest BCUT2D eigenvalue weighted by Crippen LogP contribution is -2.67. The van der Waals surface area contributed by atoms with Crippen molar-refractivity contribution >= 4 is 17.8 Å². The van der Waals surface area contributed by atoms with Crippen molar-refractivity contribution in [3.05, 3.63) is 54.0 Å². The van der Waals surface area contributed by atoms with E-state index in [-0.39, 0.29) is 57.5 Å². The highest BCUT2D eigenvalue weighted by Crippen LogP contribution is 2.78. The van der Waals surface area contributed by atoms with E-state index in [9.17, 15) is 27.9 Å². The lowest BCUT2D eigenvalue weighted by atomic mass is 9.32. The van der Waals surface area contributed by atoms with Crippen LogP contribution >= 0.6 is 0 Å². The fraction of sp³-hybridized carbons (Fsp3) is 0.731. The number of aromatic nitrogens is 2. The molecule has 2 N–H and O–H groups in total. The summed E-state index contributed by atoms with van der Waals surface area (Å²) in [7, 11) is 0. The number of H-pyrrole nitrogens is 1. The molecule has 2 heterocycles. The normalized spacial score (nSPS) is 41.3. The number of fused-ring (bicyclic) bond motifs is 7. The molecule has 13 atom stereocenters. The maximum Gasteiger partial charge on any atom is 0.416 e. The first-order chi connectivity index (χ1) is 29.4. The highest BCUT2D eigenvalue weighted by molar-refractivity contribution is 5.85. The topological polar surface area (TPSA) is 113 Å². The summed E-state index contributed by atoms with van der Waals surface area (Å²) >= 11 is 0. The lowest BCUT2D eigenvalue weighted by Gasteiger charge is -2.73. The van der Waals surface area contributed by atoms with Gasteiger partial charge in [0.05, 0.1) is 40.7 Å². The van der Waals surface area contributed by atoms with Crippen LogP contribution in [0.5, 0.6) is 0 Å². The van der Waals surface area contributed by atoms with Crippen LogP contribution in [0.15, 0.2) is 42.6 Å². The second-order valence-electron chi connectivity index (χ2n) is 23.5. The summed E-state index contributed by atoms with van der Waals surface area (Å²) in [5.41, 5.74) is 0.596. The number of aromatic amines is 1. The maximum atomic E-state index is 15.6. The van der Waals surface area contributed by atoms with E-state index in [2.05, 4.69) is 58.0 Å². The third-order valence-electron chi connectivity index (χ3n) is 20.5. The summed E-state index contributed by atoms with van der Waals surface area (Å²) in [5.74, 6) is 0.690. The Morgan fingerprint density at radius 1 is 0.841 bits per heavy atom. The molecule has 344 valence electrons. The van der Waals surface area contributed by atoms with E-state index in [1.54, 1.807) is 6.20 Å². The summed E-state index contributed by atoms with van der Waals surface area (Å²) in [6.07, 6.45) is 8.94. The Labute approximate surface area is 372 Å². The van der Waals surface area contributed by atoms with Crippen LogP contribution in [0.25, 0.3) is 11.3 Å². The van der Waals surface area contributed by atoms with E-state index in [1.807, 2.05) is 13.8 Å². The Balaban J connectivity index is 0.955. The van der Waals surface area contributed by atoms with Gasteiger partial charge in [-0.25, -0.2) is 4.98 Å². The Bertz CT molecular complexity index is 2180. The zero-order valence-electron chi connectivity index (χ0n) is 38.8. The average molecular weight is 874 g/mol. The van der Waals surface area contributed by atoms with Crippen LogP contribution in [0.1, 0.15) is 156 Å². The molecule has 7 fully saturated rings. The number of alkyl halides is 3. The molecule has 2 aromatic rings. The molecule has 1 aromatic heterocycles. The van der Waals surface area contributed by atoms with Crippen LogP contribution in [0.4, 0.5) is 13.2 Å². The molecule has 0 unspecified atom stereocenters. The molecule has 9 rings (SSSR count). The standard InChI is InChI=1S/C52H70F3N3O5/c1-29(2)32-18-23-51(45(62)58-26-10-11-37(58)42-56-28-36(57-42)30-12-14-31(15-13-30)52(53,54)55)25-24-49(8)33(41(32)51)16-17-39-48(7)21-20-40(47(5,6)38(48)19-22-50(39,49)9)63-44(61)35-27-34(43(59)60)46(35,3)4/h12-15,28,32-35,37-41H,1,10-11,16-27H2,2-9H3,(H,56,57)(H,59,60)/t32-,33+,34-,35+,37-,38-,39+,40-,41+,48-,49+,50+,51-/m0/s1. The second kappa shape index (κ2) is 14.7. The number of halogens is 3. The number of likely N-dealkylation sites (tertiary alicyclic amines) is 1. The smallest absolute Gasteiger partial charge is 0.416 e. The van der Waals surface area contributed by atoms with Crippen molar-refractivity contribution < 1.29 is 37.4 Å². The first-order valence-electron chi connectivity index (χ1n) is 24.0. The molecule has 8 nitrogen and oxygen atoms in total. The number of allylic oxidation sites excluding steroid dienone is 1. The lowest BCUT2D eigenvalue weighted by molar-refractivity contribution is -0.251. The number of hydrogen-bond acceptors (Lipinski definition) is 5. The maximum absolute atomic E-state index is 15.6. The Kier molecular flexibility index (Phi) is 10.4. The van der Waals surface area contributed by atoms with Gasteiger partial charge in [0, 0.05) is 12.0 Å². The van der Waals surface area contributed by atoms with Crippen LogP contribution in [-0.4, -0.2) is 50.5 Å². The van der Waals surface area contributed by atoms with Gasteiger partial charge >= 0.3 is 18.1 Å². The Morgan fingerprint density at radius 2 is 1.56 bits per heavy atom. The van der Waals surface area contributed by atoms with Gasteiger partial charge in [-0.05, 0) is 159 Å². The molecular weight excluding hydrogens is 804 g/mol. The number of carboxylic acids is 1. The number of amides is 1. The molecule has 0 radical (unpaired) electrons. The number of carbonyl (C=O) groups is 3. The highest BCUT2D eigenvalue weighted by atomic mass is 19.4. The number of carbonyl (C=O) groups excluding carboxylic acids is 2.